The van der Waals surface area contributed by atoms with Crippen molar-refractivity contribution in [3.05, 3.63) is 28.2 Å². The standard InChI is InChI=1S/C13H12BrF3O4S/c1-2-21-11(18)12(5-6-12)22(19,20)10-7-8(14)3-4-9(10)13(15,16)17/h3-4,7H,2,5-6H2,1H3. The minimum absolute atomic E-state index is 0.0410. The smallest absolute Gasteiger partial charge is 0.417 e. The summed E-state index contributed by atoms with van der Waals surface area (Å²) in [5.74, 6) is -0.997. The fraction of sp³-hybridized carbons (Fsp3) is 0.462. The number of hydrogen-bond donors (Lipinski definition) is 0. The molecule has 1 saturated carbocycles. The van der Waals surface area contributed by atoms with Crippen LogP contribution >= 0.6 is 15.9 Å². The van der Waals surface area contributed by atoms with Crippen LogP contribution in [-0.2, 0) is 25.5 Å². The predicted octanol–water partition coefficient (Wildman–Crippen LogP) is 3.34. The van der Waals surface area contributed by atoms with Crippen LogP contribution in [0.4, 0.5) is 13.2 Å². The highest BCUT2D eigenvalue weighted by molar-refractivity contribution is 9.10. The van der Waals surface area contributed by atoms with E-state index in [1.807, 2.05) is 0 Å². The van der Waals surface area contributed by atoms with Crippen LogP contribution in [0.5, 0.6) is 0 Å². The van der Waals surface area contributed by atoms with Gasteiger partial charge in [0.1, 0.15) is 0 Å². The Hall–Kier alpha value is -1.09. The maximum atomic E-state index is 13.1. The SMILES string of the molecule is CCOC(=O)C1(S(=O)(=O)c2cc(Br)ccc2C(F)(F)F)CC1. The van der Waals surface area contributed by atoms with E-state index in [1.165, 1.54) is 6.92 Å². The van der Waals surface area contributed by atoms with Crippen LogP contribution in [0, 0.1) is 0 Å². The average Bonchev–Trinajstić information content (AvgIpc) is 3.19. The van der Waals surface area contributed by atoms with E-state index in [0.717, 1.165) is 12.1 Å². The Morgan fingerprint density at radius 1 is 1.36 bits per heavy atom. The number of alkyl halides is 3. The summed E-state index contributed by atoms with van der Waals surface area (Å²) >= 11 is 2.96. The topological polar surface area (TPSA) is 60.4 Å². The summed E-state index contributed by atoms with van der Waals surface area (Å²) in [5.41, 5.74) is -1.29. The van der Waals surface area contributed by atoms with Gasteiger partial charge in [-0.25, -0.2) is 8.42 Å². The molecule has 22 heavy (non-hydrogen) atoms. The zero-order valence-electron chi connectivity index (χ0n) is 11.4. The van der Waals surface area contributed by atoms with Gasteiger partial charge in [0.2, 0.25) is 0 Å². The van der Waals surface area contributed by atoms with E-state index in [9.17, 15) is 26.4 Å². The Morgan fingerprint density at radius 2 is 1.95 bits per heavy atom. The van der Waals surface area contributed by atoms with Crippen molar-refractivity contribution >= 4 is 31.7 Å². The highest BCUT2D eigenvalue weighted by Gasteiger charge is 2.63. The van der Waals surface area contributed by atoms with Gasteiger partial charge in [0, 0.05) is 4.47 Å². The van der Waals surface area contributed by atoms with E-state index in [-0.39, 0.29) is 23.9 Å². The highest BCUT2D eigenvalue weighted by Crippen LogP contribution is 2.50. The lowest BCUT2D eigenvalue weighted by molar-refractivity contribution is -0.144. The Morgan fingerprint density at radius 3 is 2.41 bits per heavy atom. The number of benzene rings is 1. The van der Waals surface area contributed by atoms with Crippen molar-refractivity contribution in [2.45, 2.75) is 35.6 Å². The largest absolute Gasteiger partial charge is 0.465 e. The van der Waals surface area contributed by atoms with E-state index in [1.54, 1.807) is 0 Å². The molecule has 4 nitrogen and oxygen atoms in total. The van der Waals surface area contributed by atoms with Gasteiger partial charge < -0.3 is 4.74 Å². The second-order valence-electron chi connectivity index (χ2n) is 4.86. The molecule has 0 unspecified atom stereocenters. The molecule has 1 aromatic rings. The molecule has 0 heterocycles. The van der Waals surface area contributed by atoms with Gasteiger partial charge >= 0.3 is 12.1 Å². The van der Waals surface area contributed by atoms with Gasteiger partial charge in [0.25, 0.3) is 0 Å². The molecule has 0 aliphatic heterocycles. The first-order valence-electron chi connectivity index (χ1n) is 6.35. The third-order valence-electron chi connectivity index (χ3n) is 3.40. The molecule has 1 aromatic carbocycles. The molecule has 0 aromatic heterocycles. The maximum absolute atomic E-state index is 13.1. The molecule has 0 spiro atoms. The van der Waals surface area contributed by atoms with Gasteiger partial charge in [-0.2, -0.15) is 13.2 Å². The number of esters is 1. The molecule has 0 atom stereocenters. The third-order valence-corrected chi connectivity index (χ3v) is 6.42. The first kappa shape index (κ1) is 17.3. The van der Waals surface area contributed by atoms with E-state index in [4.69, 9.17) is 4.74 Å². The van der Waals surface area contributed by atoms with Crippen molar-refractivity contribution in [2.75, 3.05) is 6.61 Å². The van der Waals surface area contributed by atoms with Gasteiger partial charge in [-0.1, -0.05) is 15.9 Å². The fourth-order valence-corrected chi connectivity index (χ4v) is 4.73. The second kappa shape index (κ2) is 5.52. The zero-order chi connectivity index (χ0) is 16.8. The van der Waals surface area contributed by atoms with Crippen molar-refractivity contribution in [3.8, 4) is 0 Å². The fourth-order valence-electron chi connectivity index (χ4n) is 2.12. The molecular formula is C13H12BrF3O4S. The van der Waals surface area contributed by atoms with Crippen LogP contribution < -0.4 is 0 Å². The summed E-state index contributed by atoms with van der Waals surface area (Å²) < 4.78 is 67.5. The van der Waals surface area contributed by atoms with Crippen LogP contribution in [-0.4, -0.2) is 25.7 Å². The lowest BCUT2D eigenvalue weighted by Gasteiger charge is -2.19. The molecule has 0 radical (unpaired) electrons. The molecule has 0 saturated heterocycles. The van der Waals surface area contributed by atoms with Gasteiger partial charge in [-0.3, -0.25) is 4.79 Å². The zero-order valence-corrected chi connectivity index (χ0v) is 13.8. The number of ether oxygens (including phenoxy) is 1. The normalized spacial score (nSPS) is 17.1. The summed E-state index contributed by atoms with van der Waals surface area (Å²) in [4.78, 5) is 11.0. The van der Waals surface area contributed by atoms with Crippen molar-refractivity contribution in [1.82, 2.24) is 0 Å². The van der Waals surface area contributed by atoms with E-state index in [0.29, 0.717) is 6.07 Å². The monoisotopic (exact) mass is 400 g/mol. The third kappa shape index (κ3) is 2.76. The predicted molar refractivity (Wildman–Crippen MR) is 74.9 cm³/mol. The van der Waals surface area contributed by atoms with Gasteiger partial charge in [0.15, 0.2) is 14.6 Å². The second-order valence-corrected chi connectivity index (χ2v) is 8.00. The molecule has 122 valence electrons. The Labute approximate surface area is 133 Å². The quantitative estimate of drug-likeness (QED) is 0.727. The van der Waals surface area contributed by atoms with Crippen LogP contribution in [0.3, 0.4) is 0 Å². The lowest BCUT2D eigenvalue weighted by atomic mass is 10.2. The summed E-state index contributed by atoms with van der Waals surface area (Å²) in [6.45, 7) is 1.46. The molecule has 1 aliphatic carbocycles. The Kier molecular flexibility index (Phi) is 4.33. The minimum Gasteiger partial charge on any atom is -0.465 e. The molecule has 0 N–H and O–H groups in total. The summed E-state index contributed by atoms with van der Waals surface area (Å²) in [6.07, 6.45) is -4.93. The number of rotatable bonds is 4. The average molecular weight is 401 g/mol. The highest BCUT2D eigenvalue weighted by atomic mass is 79.9. The number of carbonyl (C=O) groups excluding carboxylic acids is 1. The summed E-state index contributed by atoms with van der Waals surface area (Å²) in [6, 6.07) is 2.65. The van der Waals surface area contributed by atoms with Crippen molar-refractivity contribution < 1.29 is 31.1 Å². The van der Waals surface area contributed by atoms with Gasteiger partial charge in [-0.15, -0.1) is 0 Å². The molecule has 2 rings (SSSR count). The van der Waals surface area contributed by atoms with Crippen LogP contribution in [0.1, 0.15) is 25.3 Å². The van der Waals surface area contributed by atoms with Crippen molar-refractivity contribution in [1.29, 1.82) is 0 Å². The maximum Gasteiger partial charge on any atom is 0.417 e. The minimum atomic E-state index is -4.84. The number of sulfone groups is 1. The van der Waals surface area contributed by atoms with Gasteiger partial charge in [-0.05, 0) is 38.0 Å². The number of carbonyl (C=O) groups is 1. The van der Waals surface area contributed by atoms with E-state index < -0.39 is 37.2 Å². The Balaban J connectivity index is 2.61. The number of halogens is 4. The summed E-state index contributed by atoms with van der Waals surface area (Å²) in [7, 11) is -4.51. The molecule has 9 heteroatoms. The van der Waals surface area contributed by atoms with Crippen LogP contribution in [0.25, 0.3) is 0 Å². The van der Waals surface area contributed by atoms with Crippen molar-refractivity contribution in [3.63, 3.8) is 0 Å². The molecule has 1 aliphatic rings. The molecule has 0 amide bonds. The van der Waals surface area contributed by atoms with Crippen LogP contribution in [0.2, 0.25) is 0 Å². The number of hydrogen-bond acceptors (Lipinski definition) is 4. The van der Waals surface area contributed by atoms with E-state index in [2.05, 4.69) is 15.9 Å². The first-order chi connectivity index (χ1) is 10.1. The summed E-state index contributed by atoms with van der Waals surface area (Å²) in [5, 5.41) is 0. The molecular weight excluding hydrogens is 389 g/mol. The van der Waals surface area contributed by atoms with Crippen LogP contribution in [0.15, 0.2) is 27.6 Å². The Bertz CT molecular complexity index is 708. The first-order valence-corrected chi connectivity index (χ1v) is 8.62. The lowest BCUT2D eigenvalue weighted by Crippen LogP contribution is -2.35. The van der Waals surface area contributed by atoms with E-state index >= 15 is 0 Å². The molecule has 0 bridgehead atoms. The van der Waals surface area contributed by atoms with Gasteiger partial charge in [0.05, 0.1) is 17.1 Å². The molecule has 1 fully saturated rings. The van der Waals surface area contributed by atoms with Crippen molar-refractivity contribution in [2.24, 2.45) is 0 Å².